The first-order valence-corrected chi connectivity index (χ1v) is 11.6. The van der Waals surface area contributed by atoms with Crippen LogP contribution in [0.4, 0.5) is 36.8 Å². The first kappa shape index (κ1) is 28.9. The van der Waals surface area contributed by atoms with Gasteiger partial charge in [-0.05, 0) is 59.8 Å². The van der Waals surface area contributed by atoms with Crippen LogP contribution < -0.4 is 15.8 Å². The van der Waals surface area contributed by atoms with E-state index >= 15 is 0 Å². The molecule has 0 aliphatic heterocycles. The molecule has 0 fully saturated rings. The number of amides is 1. The summed E-state index contributed by atoms with van der Waals surface area (Å²) in [5.41, 5.74) is 1.37. The number of nitrogens with zero attached hydrogens (tertiary/aromatic N) is 2. The van der Waals surface area contributed by atoms with Crippen molar-refractivity contribution in [3.63, 3.8) is 0 Å². The van der Waals surface area contributed by atoms with Crippen LogP contribution in [-0.2, 0) is 24.0 Å². The van der Waals surface area contributed by atoms with Crippen molar-refractivity contribution in [2.45, 2.75) is 29.6 Å². The summed E-state index contributed by atoms with van der Waals surface area (Å²) in [6, 6.07) is 12.1. The summed E-state index contributed by atoms with van der Waals surface area (Å²) >= 11 is 5.58. The lowest BCUT2D eigenvalue weighted by molar-refractivity contribution is -0.137. The average molecular weight is 579 g/mol. The highest BCUT2D eigenvalue weighted by atomic mass is 35.5. The van der Waals surface area contributed by atoms with Gasteiger partial charge in [-0.3, -0.25) is 15.1 Å². The quantitative estimate of drug-likeness (QED) is 0.0745. The summed E-state index contributed by atoms with van der Waals surface area (Å²) in [7, 11) is 0. The van der Waals surface area contributed by atoms with Crippen LogP contribution in [0, 0.1) is 0 Å². The molecule has 0 atom stereocenters. The number of nitrogens with one attached hydrogen (secondary N) is 1. The molecular weight excluding hydrogens is 562 g/mol. The van der Waals surface area contributed by atoms with Crippen molar-refractivity contribution in [3.05, 3.63) is 82.6 Å². The first-order chi connectivity index (χ1) is 17.8. The van der Waals surface area contributed by atoms with E-state index < -0.39 is 23.3 Å². The van der Waals surface area contributed by atoms with E-state index in [0.717, 1.165) is 6.07 Å². The van der Waals surface area contributed by atoms with Crippen LogP contribution in [0.25, 0.3) is 0 Å². The number of amidine groups is 1. The van der Waals surface area contributed by atoms with E-state index in [9.17, 15) is 31.1 Å². The number of nitrogens with two attached hydrogens (primary N) is 1. The third-order valence-corrected chi connectivity index (χ3v) is 5.58. The fourth-order valence-electron chi connectivity index (χ4n) is 2.80. The van der Waals surface area contributed by atoms with Crippen LogP contribution in [0.5, 0.6) is 5.75 Å². The third kappa shape index (κ3) is 9.34. The molecule has 3 N–H and O–H groups in total. The molecular formula is C23H17ClF6N4O3S. The van der Waals surface area contributed by atoms with Gasteiger partial charge in [-0.2, -0.15) is 26.3 Å². The molecule has 0 aliphatic rings. The highest BCUT2D eigenvalue weighted by Gasteiger charge is 2.31. The van der Waals surface area contributed by atoms with E-state index in [-0.39, 0.29) is 51.9 Å². The molecule has 1 aromatic heterocycles. The van der Waals surface area contributed by atoms with Crippen molar-refractivity contribution in [2.75, 3.05) is 5.32 Å². The van der Waals surface area contributed by atoms with Gasteiger partial charge >= 0.3 is 17.8 Å². The summed E-state index contributed by atoms with van der Waals surface area (Å²) in [6.07, 6.45) is -4.78. The number of oxime groups is 1. The number of thioether (sulfide) groups is 1. The van der Waals surface area contributed by atoms with Crippen LogP contribution in [-0.4, -0.2) is 22.4 Å². The highest BCUT2D eigenvalue weighted by molar-refractivity contribution is 8.00. The van der Waals surface area contributed by atoms with Gasteiger partial charge in [0.15, 0.2) is 0 Å². The maximum Gasteiger partial charge on any atom is 0.446 e. The van der Waals surface area contributed by atoms with Gasteiger partial charge < -0.3 is 10.5 Å². The molecule has 0 saturated carbocycles. The largest absolute Gasteiger partial charge is 0.487 e. The number of carbonyl (C=O) groups is 1. The summed E-state index contributed by atoms with van der Waals surface area (Å²) in [5.74, 6) is 0.337. The number of alkyl halides is 6. The number of pyridine rings is 1. The lowest BCUT2D eigenvalue weighted by Crippen LogP contribution is -2.18. The Morgan fingerprint density at radius 1 is 1.05 bits per heavy atom. The van der Waals surface area contributed by atoms with Crippen molar-refractivity contribution in [3.8, 4) is 5.75 Å². The Labute approximate surface area is 221 Å². The standard InChI is InChI=1S/C23H17ClF6N4O3S/c24-18-10-14(22(25,26)27)11-32-19(18)12-36-16-5-1-13(2-6-16)9-20(31)34-37-21(35)33-15-3-7-17(8-4-15)38-23(28,29)30/h1-8,10-11H,9,12H2,(H2,31,34)(H,33,35). The summed E-state index contributed by atoms with van der Waals surface area (Å²) in [6.45, 7) is -0.160. The number of anilines is 1. The van der Waals surface area contributed by atoms with Crippen LogP contribution >= 0.6 is 23.4 Å². The molecule has 1 heterocycles. The minimum Gasteiger partial charge on any atom is -0.487 e. The smallest absolute Gasteiger partial charge is 0.446 e. The number of ether oxygens (including phenoxy) is 1. The van der Waals surface area contributed by atoms with Crippen molar-refractivity contribution in [1.82, 2.24) is 4.98 Å². The zero-order valence-electron chi connectivity index (χ0n) is 18.9. The predicted octanol–water partition coefficient (Wildman–Crippen LogP) is 7.01. The molecule has 0 bridgehead atoms. The van der Waals surface area contributed by atoms with Gasteiger partial charge in [-0.15, -0.1) is 0 Å². The Bertz CT molecular complexity index is 1290. The lowest BCUT2D eigenvalue weighted by Gasteiger charge is -2.10. The monoisotopic (exact) mass is 578 g/mol. The Morgan fingerprint density at radius 3 is 2.29 bits per heavy atom. The predicted molar refractivity (Wildman–Crippen MR) is 129 cm³/mol. The minimum absolute atomic E-state index is 0.0462. The number of halogens is 7. The molecule has 0 unspecified atom stereocenters. The molecule has 38 heavy (non-hydrogen) atoms. The normalized spacial score (nSPS) is 12.2. The van der Waals surface area contributed by atoms with Crippen LogP contribution in [0.15, 0.2) is 70.8 Å². The second-order valence-corrected chi connectivity index (χ2v) is 8.96. The summed E-state index contributed by atoms with van der Waals surface area (Å²) in [4.78, 5) is 20.1. The van der Waals surface area contributed by atoms with Gasteiger partial charge in [0.2, 0.25) is 0 Å². The molecule has 3 aromatic rings. The van der Waals surface area contributed by atoms with Gasteiger partial charge in [-0.25, -0.2) is 4.79 Å². The number of hydrogen-bond acceptors (Lipinski definition) is 6. The molecule has 0 aliphatic carbocycles. The molecule has 0 saturated heterocycles. The number of carbonyl (C=O) groups excluding carboxylic acids is 1. The summed E-state index contributed by atoms with van der Waals surface area (Å²) in [5, 5.41) is 5.63. The van der Waals surface area contributed by atoms with Crippen LogP contribution in [0.2, 0.25) is 5.02 Å². The molecule has 15 heteroatoms. The van der Waals surface area contributed by atoms with Crippen molar-refractivity contribution in [2.24, 2.45) is 10.9 Å². The van der Waals surface area contributed by atoms with Crippen LogP contribution in [0.3, 0.4) is 0 Å². The van der Waals surface area contributed by atoms with Crippen molar-refractivity contribution >= 4 is 41.0 Å². The van der Waals surface area contributed by atoms with Gasteiger partial charge in [0, 0.05) is 23.2 Å². The van der Waals surface area contributed by atoms with Crippen LogP contribution in [0.1, 0.15) is 16.8 Å². The maximum absolute atomic E-state index is 12.7. The molecule has 3 rings (SSSR count). The second kappa shape index (κ2) is 12.3. The molecule has 0 radical (unpaired) electrons. The van der Waals surface area contributed by atoms with E-state index in [4.69, 9.17) is 22.1 Å². The number of rotatable bonds is 8. The zero-order chi connectivity index (χ0) is 27.9. The van der Waals surface area contributed by atoms with E-state index in [2.05, 4.69) is 20.3 Å². The van der Waals surface area contributed by atoms with Gasteiger partial charge in [0.1, 0.15) is 18.2 Å². The van der Waals surface area contributed by atoms with Gasteiger partial charge in [-0.1, -0.05) is 28.9 Å². The number of aromatic nitrogens is 1. The minimum atomic E-state index is -4.56. The van der Waals surface area contributed by atoms with Gasteiger partial charge in [0.25, 0.3) is 0 Å². The number of hydrogen-bond donors (Lipinski definition) is 2. The summed E-state index contributed by atoms with van der Waals surface area (Å²) < 4.78 is 80.7. The van der Waals surface area contributed by atoms with E-state index in [1.807, 2.05) is 0 Å². The molecule has 0 spiro atoms. The topological polar surface area (TPSA) is 98.8 Å². The van der Waals surface area contributed by atoms with E-state index in [1.165, 1.54) is 24.3 Å². The fourth-order valence-corrected chi connectivity index (χ4v) is 3.57. The second-order valence-electron chi connectivity index (χ2n) is 7.42. The molecule has 202 valence electrons. The Kier molecular flexibility index (Phi) is 9.33. The first-order valence-electron chi connectivity index (χ1n) is 10.4. The Morgan fingerprint density at radius 2 is 1.71 bits per heavy atom. The Hall–Kier alpha value is -3.65. The van der Waals surface area contributed by atoms with Crippen molar-refractivity contribution < 1.29 is 40.7 Å². The molecule has 2 aromatic carbocycles. The number of benzene rings is 2. The Balaban J connectivity index is 1.47. The molecule has 7 nitrogen and oxygen atoms in total. The van der Waals surface area contributed by atoms with E-state index in [0.29, 0.717) is 17.5 Å². The fraction of sp³-hybridized carbons (Fsp3) is 0.174. The highest BCUT2D eigenvalue weighted by Crippen LogP contribution is 2.37. The third-order valence-electron chi connectivity index (χ3n) is 4.51. The average Bonchev–Trinajstić information content (AvgIpc) is 2.82. The SMILES string of the molecule is N/C(Cc1ccc(OCc2ncc(C(F)(F)F)cc2Cl)cc1)=N/OC(=O)Nc1ccc(SC(F)(F)F)cc1. The molecule has 1 amide bonds. The van der Waals surface area contributed by atoms with Gasteiger partial charge in [0.05, 0.1) is 16.3 Å². The van der Waals surface area contributed by atoms with Crippen molar-refractivity contribution in [1.29, 1.82) is 0 Å². The lowest BCUT2D eigenvalue weighted by atomic mass is 10.1. The van der Waals surface area contributed by atoms with E-state index in [1.54, 1.807) is 24.3 Å². The zero-order valence-corrected chi connectivity index (χ0v) is 20.5. The maximum atomic E-state index is 12.7.